The van der Waals surface area contributed by atoms with Crippen LogP contribution in [0.5, 0.6) is 11.5 Å². The molecule has 0 saturated carbocycles. The number of allylic oxidation sites excluding steroid dienone is 2. The van der Waals surface area contributed by atoms with Crippen LogP contribution in [0.3, 0.4) is 0 Å². The minimum Gasteiger partial charge on any atom is -0.493 e. The summed E-state index contributed by atoms with van der Waals surface area (Å²) in [6.45, 7) is 1.18. The minimum absolute atomic E-state index is 0.530. The Bertz CT molecular complexity index is 939. The Morgan fingerprint density at radius 3 is 2.82 bits per heavy atom. The Morgan fingerprint density at radius 1 is 1.21 bits per heavy atom. The fourth-order valence-corrected chi connectivity index (χ4v) is 3.89. The van der Waals surface area contributed by atoms with Gasteiger partial charge in [0.05, 0.1) is 19.3 Å². The van der Waals surface area contributed by atoms with Crippen molar-refractivity contribution in [1.29, 1.82) is 0 Å². The van der Waals surface area contributed by atoms with E-state index in [1.165, 1.54) is 5.57 Å². The van der Waals surface area contributed by atoms with E-state index in [0.717, 1.165) is 45.6 Å². The third-order valence-corrected chi connectivity index (χ3v) is 5.37. The lowest BCUT2D eigenvalue weighted by Crippen LogP contribution is -2.27. The number of anilines is 1. The first-order valence-electron chi connectivity index (χ1n) is 9.24. The molecular weight excluding hydrogens is 418 g/mol. The second-order valence-corrected chi connectivity index (χ2v) is 7.48. The Hall–Kier alpha value is -2.73. The Kier molecular flexibility index (Phi) is 5.67. The summed E-state index contributed by atoms with van der Waals surface area (Å²) in [6, 6.07) is 5.84. The second-order valence-electron chi connectivity index (χ2n) is 6.62. The van der Waals surface area contributed by atoms with Crippen molar-refractivity contribution < 1.29 is 9.47 Å². The van der Waals surface area contributed by atoms with Gasteiger partial charge in [0, 0.05) is 28.6 Å². The van der Waals surface area contributed by atoms with Crippen LogP contribution in [0.1, 0.15) is 24.0 Å². The molecule has 1 aliphatic carbocycles. The second kappa shape index (κ2) is 8.52. The molecule has 0 amide bonds. The molecule has 0 fully saturated rings. The number of aromatic nitrogens is 1. The normalized spacial score (nSPS) is 15.1. The molecule has 4 rings (SSSR count). The fourth-order valence-electron chi connectivity index (χ4n) is 3.31. The molecule has 1 aromatic carbocycles. The first-order valence-corrected chi connectivity index (χ1v) is 10.0. The summed E-state index contributed by atoms with van der Waals surface area (Å²) >= 11 is 3.67. The van der Waals surface area contributed by atoms with Crippen molar-refractivity contribution in [3.8, 4) is 11.5 Å². The number of halogens is 1. The highest BCUT2D eigenvalue weighted by atomic mass is 79.9. The molecule has 1 aliphatic heterocycles. The van der Waals surface area contributed by atoms with Crippen molar-refractivity contribution >= 4 is 27.7 Å². The summed E-state index contributed by atoms with van der Waals surface area (Å²) in [4.78, 5) is 4.06. The summed E-state index contributed by atoms with van der Waals surface area (Å²) in [5, 5.41) is 2.02. The van der Waals surface area contributed by atoms with Gasteiger partial charge in [0.25, 0.3) is 0 Å². The zero-order valence-corrected chi connectivity index (χ0v) is 17.3. The van der Waals surface area contributed by atoms with Crippen LogP contribution in [0.15, 0.2) is 65.1 Å². The molecule has 0 bridgehead atoms. The lowest BCUT2D eigenvalue weighted by atomic mass is 10.0. The van der Waals surface area contributed by atoms with Crippen LogP contribution in [0.4, 0.5) is 5.69 Å². The number of pyridine rings is 1. The van der Waals surface area contributed by atoms with Gasteiger partial charge in [-0.05, 0) is 48.3 Å². The van der Waals surface area contributed by atoms with Gasteiger partial charge >= 0.3 is 0 Å². The third-order valence-electron chi connectivity index (χ3n) is 4.72. The average molecular weight is 440 g/mol. The zero-order chi connectivity index (χ0) is 19.3. The molecule has 2 aliphatic rings. The van der Waals surface area contributed by atoms with Gasteiger partial charge in [-0.3, -0.25) is 15.4 Å². The predicted molar refractivity (Wildman–Crippen MR) is 115 cm³/mol. The number of hydrogen-bond acceptors (Lipinski definition) is 5. The summed E-state index contributed by atoms with van der Waals surface area (Å²) in [5.74, 6) is 1.51. The number of benzene rings is 1. The molecule has 2 aromatic rings. The molecule has 28 heavy (non-hydrogen) atoms. The largest absolute Gasteiger partial charge is 0.493 e. The highest BCUT2D eigenvalue weighted by Gasteiger charge is 2.22. The number of methoxy groups -OCH3 is 1. The molecule has 0 spiro atoms. The summed E-state index contributed by atoms with van der Waals surface area (Å²) in [7, 11) is 1.67. The van der Waals surface area contributed by atoms with E-state index in [1.54, 1.807) is 19.5 Å². The Labute approximate surface area is 173 Å². The van der Waals surface area contributed by atoms with Crippen molar-refractivity contribution in [3.05, 3.63) is 76.2 Å². The Morgan fingerprint density at radius 2 is 2.07 bits per heavy atom. The smallest absolute Gasteiger partial charge is 0.167 e. The molecular formula is C22H22BrN3O2. The van der Waals surface area contributed by atoms with Gasteiger partial charge in [0.2, 0.25) is 0 Å². The van der Waals surface area contributed by atoms with E-state index in [9.17, 15) is 0 Å². The number of nitrogens with zero attached hydrogens (tertiary/aromatic N) is 2. The summed E-state index contributed by atoms with van der Waals surface area (Å²) in [5.41, 5.74) is 7.75. The topological polar surface area (TPSA) is 46.6 Å². The maximum Gasteiger partial charge on any atom is 0.167 e. The summed E-state index contributed by atoms with van der Waals surface area (Å²) < 4.78 is 12.9. The van der Waals surface area contributed by atoms with Gasteiger partial charge < -0.3 is 9.47 Å². The van der Waals surface area contributed by atoms with Crippen molar-refractivity contribution in [2.45, 2.75) is 19.4 Å². The quantitative estimate of drug-likeness (QED) is 0.659. The van der Waals surface area contributed by atoms with Crippen molar-refractivity contribution in [2.24, 2.45) is 0 Å². The predicted octanol–water partition coefficient (Wildman–Crippen LogP) is 5.32. The molecule has 0 radical (unpaired) electrons. The number of fused-ring (bicyclic) bond motifs is 1. The number of hydrogen-bond donors (Lipinski definition) is 1. The van der Waals surface area contributed by atoms with E-state index in [2.05, 4.69) is 50.6 Å². The fraction of sp³-hybridized carbons (Fsp3) is 0.227. The van der Waals surface area contributed by atoms with Crippen LogP contribution < -0.4 is 14.9 Å². The van der Waals surface area contributed by atoms with Crippen molar-refractivity contribution in [2.75, 3.05) is 19.1 Å². The number of rotatable bonds is 6. The molecule has 1 N–H and O–H groups in total. The van der Waals surface area contributed by atoms with Crippen LogP contribution in [0.25, 0.3) is 6.08 Å². The van der Waals surface area contributed by atoms with Crippen LogP contribution in [-0.2, 0) is 6.54 Å². The van der Waals surface area contributed by atoms with E-state index in [-0.39, 0.29) is 0 Å². The highest BCUT2D eigenvalue weighted by Crippen LogP contribution is 2.41. The van der Waals surface area contributed by atoms with E-state index in [0.29, 0.717) is 13.2 Å². The lowest BCUT2D eigenvalue weighted by Gasteiger charge is -2.29. The molecule has 1 aromatic heterocycles. The molecule has 5 nitrogen and oxygen atoms in total. The van der Waals surface area contributed by atoms with Gasteiger partial charge in [-0.15, -0.1) is 0 Å². The SMILES string of the molecule is COc1cc(Br)c2c(c1OCC1=CCCC=C1)CN(Nc1ccncc1)C=C2. The Balaban J connectivity index is 1.61. The van der Waals surface area contributed by atoms with Gasteiger partial charge in [-0.2, -0.15) is 0 Å². The van der Waals surface area contributed by atoms with Crippen LogP contribution in [-0.4, -0.2) is 23.7 Å². The maximum atomic E-state index is 6.26. The summed E-state index contributed by atoms with van der Waals surface area (Å²) in [6.07, 6.45) is 16.4. The zero-order valence-electron chi connectivity index (χ0n) is 15.7. The van der Waals surface area contributed by atoms with E-state index in [1.807, 2.05) is 29.4 Å². The van der Waals surface area contributed by atoms with Gasteiger partial charge in [-0.1, -0.05) is 34.2 Å². The van der Waals surface area contributed by atoms with Crippen LogP contribution in [0, 0.1) is 0 Å². The average Bonchev–Trinajstić information content (AvgIpc) is 2.74. The molecule has 0 unspecified atom stereocenters. The minimum atomic E-state index is 0.530. The molecule has 0 saturated heterocycles. The number of nitrogens with one attached hydrogen (secondary N) is 1. The van der Waals surface area contributed by atoms with E-state index in [4.69, 9.17) is 9.47 Å². The third kappa shape index (κ3) is 4.07. The molecule has 144 valence electrons. The van der Waals surface area contributed by atoms with Crippen LogP contribution >= 0.6 is 15.9 Å². The molecule has 6 heteroatoms. The van der Waals surface area contributed by atoms with Crippen LogP contribution in [0.2, 0.25) is 0 Å². The van der Waals surface area contributed by atoms with Gasteiger partial charge in [0.15, 0.2) is 11.5 Å². The molecule has 2 heterocycles. The van der Waals surface area contributed by atoms with Gasteiger partial charge in [-0.25, -0.2) is 0 Å². The number of ether oxygens (including phenoxy) is 2. The van der Waals surface area contributed by atoms with Crippen molar-refractivity contribution in [1.82, 2.24) is 9.99 Å². The van der Waals surface area contributed by atoms with E-state index < -0.39 is 0 Å². The number of hydrazine groups is 1. The van der Waals surface area contributed by atoms with Crippen molar-refractivity contribution in [3.63, 3.8) is 0 Å². The van der Waals surface area contributed by atoms with E-state index >= 15 is 0 Å². The first kappa shape index (κ1) is 18.6. The lowest BCUT2D eigenvalue weighted by molar-refractivity contribution is 0.310. The highest BCUT2D eigenvalue weighted by molar-refractivity contribution is 9.10. The van der Waals surface area contributed by atoms with Gasteiger partial charge in [0.1, 0.15) is 6.61 Å². The maximum absolute atomic E-state index is 6.26. The first-order chi connectivity index (χ1) is 13.7. The standard InChI is InChI=1S/C22H22BrN3O2/c1-27-21-13-20(23)18-9-12-26(25-17-7-10-24-11-8-17)14-19(18)22(21)28-15-16-5-3-2-4-6-16/h3,5-13H,2,4,14-15H2,1H3,(H,24,25). The monoisotopic (exact) mass is 439 g/mol. The molecule has 0 atom stereocenters.